The quantitative estimate of drug-likeness (QED) is 0.754. The first-order chi connectivity index (χ1) is 11.0. The highest BCUT2D eigenvalue weighted by molar-refractivity contribution is 5.82. The zero-order valence-electron chi connectivity index (χ0n) is 15.2. The summed E-state index contributed by atoms with van der Waals surface area (Å²) in [5.74, 6) is 1.24. The van der Waals surface area contributed by atoms with E-state index in [1.54, 1.807) is 0 Å². The normalized spacial score (nSPS) is 29.4. The third-order valence-corrected chi connectivity index (χ3v) is 6.23. The van der Waals surface area contributed by atoms with Crippen LogP contribution in [0, 0.1) is 11.3 Å². The zero-order chi connectivity index (χ0) is 16.4. The predicted octanol–water partition coefficient (Wildman–Crippen LogP) is 2.91. The zero-order valence-corrected chi connectivity index (χ0v) is 15.2. The Morgan fingerprint density at radius 3 is 2.52 bits per heavy atom. The van der Waals surface area contributed by atoms with E-state index < -0.39 is 0 Å². The number of nitrogens with zero attached hydrogens (tertiary/aromatic N) is 2. The van der Waals surface area contributed by atoms with Gasteiger partial charge in [0, 0.05) is 43.8 Å². The minimum absolute atomic E-state index is 0.188. The number of piperazine rings is 1. The molecule has 2 bridgehead atoms. The fraction of sp³-hybridized carbons (Fsp3) is 0.947. The summed E-state index contributed by atoms with van der Waals surface area (Å²) in [4.78, 5) is 17.7. The molecule has 3 rings (SSSR count). The Hall–Kier alpha value is -0.610. The van der Waals surface area contributed by atoms with Gasteiger partial charge in [-0.3, -0.25) is 9.69 Å². The molecule has 4 nitrogen and oxygen atoms in total. The molecule has 3 heterocycles. The average molecular weight is 322 g/mol. The highest BCUT2D eigenvalue weighted by Gasteiger charge is 2.47. The van der Waals surface area contributed by atoms with Gasteiger partial charge in [-0.25, -0.2) is 0 Å². The van der Waals surface area contributed by atoms with Gasteiger partial charge in [0.25, 0.3) is 0 Å². The number of hydrogen-bond acceptors (Lipinski definition) is 3. The molecule has 0 spiro atoms. The standard InChI is InChI=1S/C19H34N2O2/c1-4-8-19(2,3)18(22)21-14-16-12-17(21)13-20(16)9-5-15-6-10-23-11-7-15/h15-17H,4-14H2,1-3H3/t16-,17-/m0/s1. The molecule has 3 saturated heterocycles. The molecule has 3 aliphatic heterocycles. The average Bonchev–Trinajstić information content (AvgIpc) is 3.13. The van der Waals surface area contributed by atoms with E-state index in [9.17, 15) is 4.79 Å². The first-order valence-corrected chi connectivity index (χ1v) is 9.64. The maximum Gasteiger partial charge on any atom is 0.228 e. The Kier molecular flexibility index (Phi) is 5.32. The van der Waals surface area contributed by atoms with Crippen molar-refractivity contribution in [2.45, 2.75) is 71.4 Å². The Balaban J connectivity index is 1.48. The maximum absolute atomic E-state index is 12.9. The number of hydrogen-bond donors (Lipinski definition) is 0. The van der Waals surface area contributed by atoms with E-state index in [1.807, 2.05) is 0 Å². The number of carbonyl (C=O) groups excluding carboxylic acids is 1. The summed E-state index contributed by atoms with van der Waals surface area (Å²) in [6.07, 6.45) is 7.05. The van der Waals surface area contributed by atoms with Crippen LogP contribution < -0.4 is 0 Å². The van der Waals surface area contributed by atoms with Crippen LogP contribution in [0.3, 0.4) is 0 Å². The molecule has 4 heteroatoms. The molecule has 0 aromatic heterocycles. The van der Waals surface area contributed by atoms with Crippen molar-refractivity contribution < 1.29 is 9.53 Å². The van der Waals surface area contributed by atoms with E-state index in [2.05, 4.69) is 30.6 Å². The van der Waals surface area contributed by atoms with Gasteiger partial charge in [-0.1, -0.05) is 27.2 Å². The number of rotatable bonds is 6. The molecule has 0 aromatic rings. The highest BCUT2D eigenvalue weighted by Crippen LogP contribution is 2.36. The summed E-state index contributed by atoms with van der Waals surface area (Å²) in [6, 6.07) is 1.08. The summed E-state index contributed by atoms with van der Waals surface area (Å²) in [5.41, 5.74) is -0.188. The van der Waals surface area contributed by atoms with Crippen molar-refractivity contribution in [1.82, 2.24) is 9.80 Å². The van der Waals surface area contributed by atoms with E-state index in [0.29, 0.717) is 18.0 Å². The Morgan fingerprint density at radius 1 is 1.17 bits per heavy atom. The first-order valence-electron chi connectivity index (χ1n) is 9.64. The fourth-order valence-electron chi connectivity index (χ4n) is 4.78. The first kappa shape index (κ1) is 17.2. The molecular weight excluding hydrogens is 288 g/mol. The molecule has 0 unspecified atom stereocenters. The smallest absolute Gasteiger partial charge is 0.228 e. The monoisotopic (exact) mass is 322 g/mol. The van der Waals surface area contributed by atoms with Crippen LogP contribution in [0.5, 0.6) is 0 Å². The molecule has 0 radical (unpaired) electrons. The number of fused-ring (bicyclic) bond motifs is 2. The lowest BCUT2D eigenvalue weighted by atomic mass is 9.86. The molecule has 0 saturated carbocycles. The van der Waals surface area contributed by atoms with Crippen molar-refractivity contribution in [3.63, 3.8) is 0 Å². The van der Waals surface area contributed by atoms with Gasteiger partial charge in [0.1, 0.15) is 0 Å². The summed E-state index contributed by atoms with van der Waals surface area (Å²) in [6.45, 7) is 11.6. The second-order valence-corrected chi connectivity index (χ2v) is 8.47. The van der Waals surface area contributed by atoms with Crippen molar-refractivity contribution in [3.05, 3.63) is 0 Å². The number of amides is 1. The van der Waals surface area contributed by atoms with Gasteiger partial charge in [-0.05, 0) is 44.6 Å². The van der Waals surface area contributed by atoms with Crippen molar-refractivity contribution in [3.8, 4) is 0 Å². The summed E-state index contributed by atoms with van der Waals surface area (Å²) in [5, 5.41) is 0. The highest BCUT2D eigenvalue weighted by atomic mass is 16.5. The predicted molar refractivity (Wildman–Crippen MR) is 92.3 cm³/mol. The third-order valence-electron chi connectivity index (χ3n) is 6.23. The molecule has 0 aliphatic carbocycles. The maximum atomic E-state index is 12.9. The molecule has 0 N–H and O–H groups in total. The van der Waals surface area contributed by atoms with Gasteiger partial charge in [0.15, 0.2) is 0 Å². The van der Waals surface area contributed by atoms with Gasteiger partial charge in [0.05, 0.1) is 0 Å². The topological polar surface area (TPSA) is 32.8 Å². The largest absolute Gasteiger partial charge is 0.381 e. The van der Waals surface area contributed by atoms with Crippen LogP contribution in [-0.4, -0.2) is 60.6 Å². The van der Waals surface area contributed by atoms with Crippen LogP contribution in [-0.2, 0) is 9.53 Å². The molecule has 3 fully saturated rings. The molecule has 2 atom stereocenters. The molecular formula is C19H34N2O2. The second kappa shape index (κ2) is 7.10. The Morgan fingerprint density at radius 2 is 1.91 bits per heavy atom. The van der Waals surface area contributed by atoms with E-state index in [-0.39, 0.29) is 5.41 Å². The summed E-state index contributed by atoms with van der Waals surface area (Å²) < 4.78 is 5.46. The summed E-state index contributed by atoms with van der Waals surface area (Å²) >= 11 is 0. The van der Waals surface area contributed by atoms with Crippen molar-refractivity contribution in [2.75, 3.05) is 32.8 Å². The molecule has 3 aliphatic rings. The fourth-order valence-corrected chi connectivity index (χ4v) is 4.78. The van der Waals surface area contributed by atoms with E-state index >= 15 is 0 Å². The van der Waals surface area contributed by atoms with Crippen molar-refractivity contribution in [2.24, 2.45) is 11.3 Å². The third kappa shape index (κ3) is 3.74. The number of carbonyl (C=O) groups is 1. The molecule has 132 valence electrons. The number of likely N-dealkylation sites (tertiary alicyclic amines) is 2. The van der Waals surface area contributed by atoms with Crippen molar-refractivity contribution >= 4 is 5.91 Å². The van der Waals surface area contributed by atoms with E-state index in [1.165, 1.54) is 32.2 Å². The lowest BCUT2D eigenvalue weighted by molar-refractivity contribution is -0.143. The van der Waals surface area contributed by atoms with Crippen LogP contribution in [0.4, 0.5) is 0 Å². The Bertz CT molecular complexity index is 418. The van der Waals surface area contributed by atoms with Gasteiger partial charge >= 0.3 is 0 Å². The molecule has 1 amide bonds. The lowest BCUT2D eigenvalue weighted by Gasteiger charge is -2.38. The van der Waals surface area contributed by atoms with Crippen LogP contribution in [0.25, 0.3) is 0 Å². The van der Waals surface area contributed by atoms with Gasteiger partial charge < -0.3 is 9.64 Å². The van der Waals surface area contributed by atoms with Crippen LogP contribution in [0.1, 0.15) is 59.3 Å². The minimum Gasteiger partial charge on any atom is -0.381 e. The van der Waals surface area contributed by atoms with E-state index in [4.69, 9.17) is 4.74 Å². The van der Waals surface area contributed by atoms with Gasteiger partial charge in [-0.2, -0.15) is 0 Å². The SMILES string of the molecule is CCCC(C)(C)C(=O)N1C[C@@H]2C[C@H]1CN2CCC1CCOCC1. The summed E-state index contributed by atoms with van der Waals surface area (Å²) in [7, 11) is 0. The van der Waals surface area contributed by atoms with Gasteiger partial charge in [0.2, 0.25) is 5.91 Å². The second-order valence-electron chi connectivity index (χ2n) is 8.47. The van der Waals surface area contributed by atoms with E-state index in [0.717, 1.165) is 45.1 Å². The van der Waals surface area contributed by atoms with Crippen LogP contribution in [0.2, 0.25) is 0 Å². The number of ether oxygens (including phenoxy) is 1. The van der Waals surface area contributed by atoms with Crippen LogP contribution in [0.15, 0.2) is 0 Å². The molecule has 0 aromatic carbocycles. The van der Waals surface area contributed by atoms with Crippen LogP contribution >= 0.6 is 0 Å². The molecule has 23 heavy (non-hydrogen) atoms. The lowest BCUT2D eigenvalue weighted by Crippen LogP contribution is -2.52. The van der Waals surface area contributed by atoms with Gasteiger partial charge in [-0.15, -0.1) is 0 Å². The van der Waals surface area contributed by atoms with Crippen molar-refractivity contribution in [1.29, 1.82) is 0 Å². The Labute approximate surface area is 141 Å². The minimum atomic E-state index is -0.188.